The van der Waals surface area contributed by atoms with E-state index in [-0.39, 0.29) is 17.5 Å². The third-order valence-corrected chi connectivity index (χ3v) is 4.60. The van der Waals surface area contributed by atoms with E-state index in [9.17, 15) is 4.79 Å². The summed E-state index contributed by atoms with van der Waals surface area (Å²) in [5.74, 6) is 0.977. The van der Waals surface area contributed by atoms with Gasteiger partial charge >= 0.3 is 0 Å². The van der Waals surface area contributed by atoms with E-state index in [1.807, 2.05) is 36.9 Å². The van der Waals surface area contributed by atoms with E-state index in [1.165, 1.54) is 0 Å². The van der Waals surface area contributed by atoms with Crippen LogP contribution in [-0.2, 0) is 4.79 Å². The summed E-state index contributed by atoms with van der Waals surface area (Å²) in [5.41, 5.74) is 3.06. The zero-order chi connectivity index (χ0) is 18.8. The highest BCUT2D eigenvalue weighted by molar-refractivity contribution is 5.92. The van der Waals surface area contributed by atoms with E-state index in [0.717, 1.165) is 29.2 Å². The van der Waals surface area contributed by atoms with Crippen LogP contribution >= 0.6 is 0 Å². The number of aromatic nitrogens is 3. The predicted octanol–water partition coefficient (Wildman–Crippen LogP) is 4.19. The lowest BCUT2D eigenvalue weighted by Gasteiger charge is -2.23. The molecule has 0 bridgehead atoms. The Labute approximate surface area is 150 Å². The van der Waals surface area contributed by atoms with Crippen LogP contribution in [0.4, 0.5) is 0 Å². The third-order valence-electron chi connectivity index (χ3n) is 4.60. The molecule has 0 saturated heterocycles. The maximum atomic E-state index is 12.1. The zero-order valence-electron chi connectivity index (χ0n) is 16.4. The molecule has 0 radical (unpaired) electrons. The first-order valence-electron chi connectivity index (χ1n) is 8.89. The minimum atomic E-state index is -0.192. The van der Waals surface area contributed by atoms with Gasteiger partial charge in [-0.25, -0.2) is 4.68 Å². The summed E-state index contributed by atoms with van der Waals surface area (Å²) >= 11 is 0. The summed E-state index contributed by atoms with van der Waals surface area (Å²) in [5, 5.41) is 7.44. The van der Waals surface area contributed by atoms with Gasteiger partial charge < -0.3 is 9.88 Å². The molecule has 2 aromatic heterocycles. The number of nitrogens with zero attached hydrogens (tertiary/aromatic N) is 3. The molecule has 0 atom stereocenters. The zero-order valence-corrected chi connectivity index (χ0v) is 16.4. The summed E-state index contributed by atoms with van der Waals surface area (Å²) in [6.45, 7) is 14.5. The summed E-state index contributed by atoms with van der Waals surface area (Å²) in [7, 11) is 0. The smallest absolute Gasteiger partial charge is 0.244 e. The second kappa shape index (κ2) is 7.30. The lowest BCUT2D eigenvalue weighted by Crippen LogP contribution is -2.41. The molecule has 5 nitrogen and oxygen atoms in total. The first kappa shape index (κ1) is 19.0. The van der Waals surface area contributed by atoms with Crippen molar-refractivity contribution in [2.45, 2.75) is 66.5 Å². The van der Waals surface area contributed by atoms with Crippen molar-refractivity contribution in [2.75, 3.05) is 0 Å². The number of hydrogen-bond acceptors (Lipinski definition) is 2. The summed E-state index contributed by atoms with van der Waals surface area (Å²) in [6, 6.07) is 4.40. The predicted molar refractivity (Wildman–Crippen MR) is 103 cm³/mol. The lowest BCUT2D eigenvalue weighted by molar-refractivity contribution is -0.117. The topological polar surface area (TPSA) is 51.9 Å². The van der Waals surface area contributed by atoms with Crippen molar-refractivity contribution in [3.05, 3.63) is 41.4 Å². The van der Waals surface area contributed by atoms with Crippen LogP contribution < -0.4 is 5.32 Å². The molecule has 0 aliphatic heterocycles. The fourth-order valence-corrected chi connectivity index (χ4v) is 2.82. The van der Waals surface area contributed by atoms with Gasteiger partial charge in [-0.1, -0.05) is 6.92 Å². The lowest BCUT2D eigenvalue weighted by atomic mass is 10.0. The summed E-state index contributed by atoms with van der Waals surface area (Å²) in [4.78, 5) is 12.1. The Morgan fingerprint density at radius 1 is 1.36 bits per heavy atom. The molecule has 136 valence electrons. The average molecular weight is 342 g/mol. The largest absolute Gasteiger partial charge is 0.348 e. The number of carbonyl (C=O) groups is 1. The highest BCUT2D eigenvalue weighted by Gasteiger charge is 2.17. The van der Waals surface area contributed by atoms with E-state index in [4.69, 9.17) is 0 Å². The quantitative estimate of drug-likeness (QED) is 0.800. The molecule has 0 aromatic carbocycles. The highest BCUT2D eigenvalue weighted by Crippen LogP contribution is 2.23. The molecule has 2 heterocycles. The second-order valence-electron chi connectivity index (χ2n) is 7.45. The average Bonchev–Trinajstić information content (AvgIpc) is 3.09. The number of amides is 1. The van der Waals surface area contributed by atoms with Gasteiger partial charge in [-0.3, -0.25) is 4.79 Å². The third kappa shape index (κ3) is 4.21. The Bertz CT molecular complexity index is 778. The van der Waals surface area contributed by atoms with E-state index >= 15 is 0 Å². The van der Waals surface area contributed by atoms with Crippen molar-refractivity contribution in [1.82, 2.24) is 19.7 Å². The van der Waals surface area contributed by atoms with Crippen LogP contribution in [0.3, 0.4) is 0 Å². The standard InChI is InChI=1S/C20H30N4O/c1-8-20(6,7)22-18(25)10-9-17-13-15(4)23(16(17)5)19-11-12-21-24(19)14(2)3/h9-14H,8H2,1-7H3,(H,22,25)/b10-9+. The fourth-order valence-electron chi connectivity index (χ4n) is 2.82. The monoisotopic (exact) mass is 342 g/mol. The molecular formula is C20H30N4O. The minimum Gasteiger partial charge on any atom is -0.348 e. The van der Waals surface area contributed by atoms with Crippen molar-refractivity contribution in [1.29, 1.82) is 0 Å². The minimum absolute atomic E-state index is 0.0659. The van der Waals surface area contributed by atoms with Crippen LogP contribution in [0.2, 0.25) is 0 Å². The van der Waals surface area contributed by atoms with Gasteiger partial charge in [0.05, 0.1) is 6.20 Å². The molecule has 2 aromatic rings. The fraction of sp³-hybridized carbons (Fsp3) is 0.500. The molecule has 0 saturated carbocycles. The van der Waals surface area contributed by atoms with Crippen molar-refractivity contribution in [2.24, 2.45) is 0 Å². The summed E-state index contributed by atoms with van der Waals surface area (Å²) in [6.07, 6.45) is 6.21. The van der Waals surface area contributed by atoms with Gasteiger partial charge in [0.15, 0.2) is 0 Å². The Kier molecular flexibility index (Phi) is 5.55. The highest BCUT2D eigenvalue weighted by atomic mass is 16.1. The molecule has 0 unspecified atom stereocenters. The van der Waals surface area contributed by atoms with E-state index < -0.39 is 0 Å². The number of rotatable bonds is 6. The molecule has 0 aliphatic carbocycles. The van der Waals surface area contributed by atoms with Crippen molar-refractivity contribution in [3.8, 4) is 5.82 Å². The van der Waals surface area contributed by atoms with Crippen LogP contribution in [-0.4, -0.2) is 25.8 Å². The maximum Gasteiger partial charge on any atom is 0.244 e. The normalized spacial score (nSPS) is 12.3. The van der Waals surface area contributed by atoms with Crippen LogP contribution in [0, 0.1) is 13.8 Å². The number of nitrogens with one attached hydrogen (secondary N) is 1. The summed E-state index contributed by atoms with van der Waals surface area (Å²) < 4.78 is 4.19. The van der Waals surface area contributed by atoms with Crippen molar-refractivity contribution in [3.63, 3.8) is 0 Å². The molecule has 0 spiro atoms. The molecule has 25 heavy (non-hydrogen) atoms. The number of aryl methyl sites for hydroxylation is 1. The second-order valence-corrected chi connectivity index (χ2v) is 7.45. The number of hydrogen-bond donors (Lipinski definition) is 1. The molecule has 0 fully saturated rings. The van der Waals surface area contributed by atoms with Crippen LogP contribution in [0.5, 0.6) is 0 Å². The van der Waals surface area contributed by atoms with E-state index in [1.54, 1.807) is 6.08 Å². The first-order valence-corrected chi connectivity index (χ1v) is 8.89. The van der Waals surface area contributed by atoms with Gasteiger partial charge in [-0.15, -0.1) is 0 Å². The molecule has 1 amide bonds. The van der Waals surface area contributed by atoms with Gasteiger partial charge in [0.2, 0.25) is 5.91 Å². The van der Waals surface area contributed by atoms with Gasteiger partial charge in [-0.2, -0.15) is 5.10 Å². The Morgan fingerprint density at radius 2 is 2.04 bits per heavy atom. The van der Waals surface area contributed by atoms with Crippen LogP contribution in [0.15, 0.2) is 24.4 Å². The van der Waals surface area contributed by atoms with Gasteiger partial charge in [0.1, 0.15) is 5.82 Å². The van der Waals surface area contributed by atoms with Crippen molar-refractivity contribution < 1.29 is 4.79 Å². The Hall–Kier alpha value is -2.30. The van der Waals surface area contributed by atoms with E-state index in [0.29, 0.717) is 0 Å². The Balaban J connectivity index is 2.29. The van der Waals surface area contributed by atoms with Crippen LogP contribution in [0.1, 0.15) is 64.0 Å². The number of carbonyl (C=O) groups excluding carboxylic acids is 1. The van der Waals surface area contributed by atoms with Gasteiger partial charge in [0.25, 0.3) is 0 Å². The first-order chi connectivity index (χ1) is 11.7. The molecule has 5 heteroatoms. The van der Waals surface area contributed by atoms with Crippen LogP contribution in [0.25, 0.3) is 11.9 Å². The SMILES string of the molecule is CCC(C)(C)NC(=O)/C=C/c1cc(C)n(-c2ccnn2C(C)C)c1C. The van der Waals surface area contributed by atoms with Gasteiger partial charge in [-0.05, 0) is 65.7 Å². The Morgan fingerprint density at radius 3 is 2.64 bits per heavy atom. The maximum absolute atomic E-state index is 12.1. The molecule has 2 rings (SSSR count). The van der Waals surface area contributed by atoms with Crippen molar-refractivity contribution >= 4 is 12.0 Å². The van der Waals surface area contributed by atoms with Gasteiger partial charge in [0, 0.05) is 35.1 Å². The van der Waals surface area contributed by atoms with E-state index in [2.05, 4.69) is 55.7 Å². The molecule has 0 aliphatic rings. The molecular weight excluding hydrogens is 312 g/mol. The molecule has 1 N–H and O–H groups in total.